The van der Waals surface area contributed by atoms with Crippen molar-refractivity contribution in [3.05, 3.63) is 46.2 Å². The van der Waals surface area contributed by atoms with Crippen molar-refractivity contribution in [3.8, 4) is 5.75 Å². The van der Waals surface area contributed by atoms with Gasteiger partial charge in [0.25, 0.3) is 0 Å². The van der Waals surface area contributed by atoms with Gasteiger partial charge >= 0.3 is 0 Å². The third-order valence-electron chi connectivity index (χ3n) is 4.24. The van der Waals surface area contributed by atoms with Gasteiger partial charge < -0.3 is 20.3 Å². The first-order valence-corrected chi connectivity index (χ1v) is 11.0. The highest BCUT2D eigenvalue weighted by Crippen LogP contribution is 2.22. The lowest BCUT2D eigenvalue weighted by Crippen LogP contribution is -2.15. The van der Waals surface area contributed by atoms with E-state index >= 15 is 0 Å². The molecule has 6 nitrogen and oxygen atoms in total. The van der Waals surface area contributed by atoms with E-state index in [-0.39, 0.29) is 18.4 Å². The Morgan fingerprint density at radius 2 is 1.55 bits per heavy atom. The van der Waals surface area contributed by atoms with E-state index in [0.717, 1.165) is 54.4 Å². The Morgan fingerprint density at radius 3 is 2.03 bits per heavy atom. The van der Waals surface area contributed by atoms with Gasteiger partial charge in [-0.05, 0) is 72.2 Å². The molecule has 0 saturated carbocycles. The molecule has 0 amide bonds. The minimum atomic E-state index is 0. The fraction of sp³-hybridized carbons (Fsp3) is 0.545. The Kier molecular flexibility index (Phi) is 15.7. The normalized spacial score (nSPS) is 10.5. The number of hydrogen-bond acceptors (Lipinski definition) is 6. The third kappa shape index (κ3) is 13.0. The van der Waals surface area contributed by atoms with E-state index in [1.807, 2.05) is 45.3 Å². The number of ether oxygens (including phenoxy) is 1. The van der Waals surface area contributed by atoms with Crippen molar-refractivity contribution < 1.29 is 4.74 Å². The zero-order chi connectivity index (χ0) is 22.5. The number of nitrogens with two attached hydrogens (primary N) is 1. The first-order chi connectivity index (χ1) is 14.2. The van der Waals surface area contributed by atoms with Crippen LogP contribution in [-0.4, -0.2) is 73.5 Å². The number of aromatic nitrogens is 2. The maximum atomic E-state index is 6.17. The topological polar surface area (TPSA) is 67.5 Å². The maximum Gasteiger partial charge on any atom is 0.221 e. The predicted octanol–water partition coefficient (Wildman–Crippen LogP) is 4.54. The van der Waals surface area contributed by atoms with E-state index in [2.05, 4.69) is 33.9 Å². The molecule has 0 saturated heterocycles. The Balaban J connectivity index is 0.000000975. The molecule has 0 fully saturated rings. The number of anilines is 1. The summed E-state index contributed by atoms with van der Waals surface area (Å²) < 4.78 is 5.73. The molecule has 2 rings (SSSR count). The van der Waals surface area contributed by atoms with Gasteiger partial charge in [0.05, 0.1) is 6.61 Å². The minimum Gasteiger partial charge on any atom is -0.494 e. The second-order valence-corrected chi connectivity index (χ2v) is 8.34. The van der Waals surface area contributed by atoms with Gasteiger partial charge in [-0.1, -0.05) is 23.7 Å². The summed E-state index contributed by atoms with van der Waals surface area (Å²) in [6, 6.07) is 8.03. The number of alkyl halides is 1. The number of nitrogen functional groups attached to an aromatic ring is 1. The van der Waals surface area contributed by atoms with Crippen LogP contribution in [-0.2, 0) is 6.42 Å². The lowest BCUT2D eigenvalue weighted by atomic mass is 10.1. The monoisotopic (exact) mass is 491 g/mol. The molecule has 0 spiro atoms. The molecule has 0 unspecified atom stereocenters. The summed E-state index contributed by atoms with van der Waals surface area (Å²) in [5, 5.41) is 0.416. The molecule has 0 aliphatic heterocycles. The summed E-state index contributed by atoms with van der Waals surface area (Å²) in [6.45, 7) is 4.73. The van der Waals surface area contributed by atoms with Crippen LogP contribution in [0.15, 0.2) is 24.3 Å². The second kappa shape index (κ2) is 16.3. The van der Waals surface area contributed by atoms with Crippen LogP contribution in [0.2, 0.25) is 5.15 Å². The van der Waals surface area contributed by atoms with Crippen molar-refractivity contribution >= 4 is 41.6 Å². The van der Waals surface area contributed by atoms with Gasteiger partial charge in [0.15, 0.2) is 0 Å². The highest BCUT2D eigenvalue weighted by atomic mass is 35.5. The number of hydrogen-bond donors (Lipinski definition) is 1. The fourth-order valence-electron chi connectivity index (χ4n) is 2.64. The first kappa shape index (κ1) is 29.7. The Hall–Kier alpha value is -1.31. The molecule has 0 aliphatic carbocycles. The van der Waals surface area contributed by atoms with Crippen molar-refractivity contribution in [3.63, 3.8) is 0 Å². The molecule has 2 N–H and O–H groups in total. The zero-order valence-electron chi connectivity index (χ0n) is 19.2. The molecule has 1 aromatic carbocycles. The molecule has 0 atom stereocenters. The minimum absolute atomic E-state index is 0. The van der Waals surface area contributed by atoms with Crippen LogP contribution in [0.3, 0.4) is 0 Å². The highest BCUT2D eigenvalue weighted by Gasteiger charge is 2.09. The van der Waals surface area contributed by atoms with Crippen molar-refractivity contribution in [2.24, 2.45) is 0 Å². The SMILES string of the molecule is CN(C)CCCCl.Cc1nc(N)nc(Cl)c1Cc1ccc(OCCCN(C)C)cc1.Cl. The first-order valence-electron chi connectivity index (χ1n) is 10.1. The van der Waals surface area contributed by atoms with E-state index in [9.17, 15) is 0 Å². The third-order valence-corrected chi connectivity index (χ3v) is 4.82. The van der Waals surface area contributed by atoms with Crippen LogP contribution in [0, 0.1) is 6.92 Å². The molecule has 1 heterocycles. The Morgan fingerprint density at radius 1 is 0.968 bits per heavy atom. The molecule has 2 aromatic rings. The van der Waals surface area contributed by atoms with Crippen LogP contribution in [0.4, 0.5) is 5.95 Å². The summed E-state index contributed by atoms with van der Waals surface area (Å²) in [4.78, 5) is 12.5. The predicted molar refractivity (Wildman–Crippen MR) is 135 cm³/mol. The molecule has 31 heavy (non-hydrogen) atoms. The van der Waals surface area contributed by atoms with Gasteiger partial charge in [0.2, 0.25) is 5.95 Å². The summed E-state index contributed by atoms with van der Waals surface area (Å²) in [5.74, 6) is 1.86. The number of benzene rings is 1. The van der Waals surface area contributed by atoms with Gasteiger partial charge in [-0.25, -0.2) is 9.97 Å². The van der Waals surface area contributed by atoms with Crippen LogP contribution in [0.25, 0.3) is 0 Å². The van der Waals surface area contributed by atoms with Gasteiger partial charge in [0, 0.05) is 30.1 Å². The summed E-state index contributed by atoms with van der Waals surface area (Å²) in [5.41, 5.74) is 8.44. The average Bonchev–Trinajstić information content (AvgIpc) is 2.67. The number of halogens is 3. The van der Waals surface area contributed by atoms with Gasteiger partial charge in [-0.3, -0.25) is 0 Å². The van der Waals surface area contributed by atoms with Crippen molar-refractivity contribution in [2.75, 3.05) is 59.5 Å². The lowest BCUT2D eigenvalue weighted by molar-refractivity contribution is 0.281. The van der Waals surface area contributed by atoms with Crippen LogP contribution in [0.1, 0.15) is 29.7 Å². The molecule has 0 aliphatic rings. The van der Waals surface area contributed by atoms with E-state index in [1.165, 1.54) is 0 Å². The molecular weight excluding hydrogens is 457 g/mol. The van der Waals surface area contributed by atoms with Crippen molar-refractivity contribution in [1.82, 2.24) is 19.8 Å². The van der Waals surface area contributed by atoms with Gasteiger partial charge in [0.1, 0.15) is 10.9 Å². The maximum absolute atomic E-state index is 6.17. The molecule has 0 radical (unpaired) electrons. The van der Waals surface area contributed by atoms with Crippen LogP contribution in [0.5, 0.6) is 5.75 Å². The largest absolute Gasteiger partial charge is 0.494 e. The number of nitrogens with zero attached hydrogens (tertiary/aromatic N) is 4. The van der Waals surface area contributed by atoms with E-state index in [1.54, 1.807) is 0 Å². The summed E-state index contributed by atoms with van der Waals surface area (Å²) in [7, 11) is 8.21. The standard InChI is InChI=1S/C17H23ClN4O.C5H12ClN.ClH/c1-12-15(16(18)21-17(19)20-12)11-13-5-7-14(8-6-13)23-10-4-9-22(2)3;1-7(2)5-3-4-6;/h5-8H,4,9-11H2,1-3H3,(H2,19,20,21);3-5H2,1-2H3;1H. The van der Waals surface area contributed by atoms with Gasteiger partial charge in [-0.2, -0.15) is 0 Å². The number of rotatable bonds is 10. The lowest BCUT2D eigenvalue weighted by Gasteiger charge is -2.11. The van der Waals surface area contributed by atoms with E-state index < -0.39 is 0 Å². The Bertz CT molecular complexity index is 719. The summed E-state index contributed by atoms with van der Waals surface area (Å²) in [6.07, 6.45) is 2.77. The van der Waals surface area contributed by atoms with Crippen LogP contribution >= 0.6 is 35.6 Å². The highest BCUT2D eigenvalue weighted by molar-refractivity contribution is 6.30. The van der Waals surface area contributed by atoms with Crippen molar-refractivity contribution in [2.45, 2.75) is 26.2 Å². The molecule has 9 heteroatoms. The quantitative estimate of drug-likeness (QED) is 0.298. The zero-order valence-corrected chi connectivity index (χ0v) is 21.5. The van der Waals surface area contributed by atoms with Crippen molar-refractivity contribution in [1.29, 1.82) is 0 Å². The van der Waals surface area contributed by atoms with E-state index in [0.29, 0.717) is 18.2 Å². The van der Waals surface area contributed by atoms with E-state index in [4.69, 9.17) is 33.7 Å². The molecular formula is C22H36Cl3N5O. The summed E-state index contributed by atoms with van der Waals surface area (Å²) >= 11 is 11.6. The second-order valence-electron chi connectivity index (χ2n) is 7.61. The smallest absolute Gasteiger partial charge is 0.221 e. The van der Waals surface area contributed by atoms with Gasteiger partial charge in [-0.15, -0.1) is 24.0 Å². The molecule has 0 bridgehead atoms. The van der Waals surface area contributed by atoms with Crippen LogP contribution < -0.4 is 10.5 Å². The Labute approximate surface area is 203 Å². The number of aryl methyl sites for hydroxylation is 1. The molecule has 1 aromatic heterocycles. The molecule has 176 valence electrons. The average molecular weight is 493 g/mol. The fourth-order valence-corrected chi connectivity index (χ4v) is 3.05.